The molecule has 7 nitrogen and oxygen atoms in total. The fourth-order valence-corrected chi connectivity index (χ4v) is 3.77. The third-order valence-electron chi connectivity index (χ3n) is 3.32. The predicted molar refractivity (Wildman–Crippen MR) is 72.1 cm³/mol. The number of aryl methyl sites for hydroxylation is 1. The Kier molecular flexibility index (Phi) is 4.44. The van der Waals surface area contributed by atoms with Gasteiger partial charge in [0.25, 0.3) is 0 Å². The number of nitrogens with zero attached hydrogens (tertiary/aromatic N) is 1. The van der Waals surface area contributed by atoms with E-state index in [0.717, 1.165) is 0 Å². The minimum absolute atomic E-state index is 0.148. The molecule has 0 aliphatic carbocycles. The van der Waals surface area contributed by atoms with Gasteiger partial charge >= 0.3 is 0 Å². The first-order valence-electron chi connectivity index (χ1n) is 6.46. The van der Waals surface area contributed by atoms with E-state index in [0.29, 0.717) is 25.1 Å². The summed E-state index contributed by atoms with van der Waals surface area (Å²) in [6, 6.07) is 1.53. The Hall–Kier alpha value is -1.41. The lowest BCUT2D eigenvalue weighted by molar-refractivity contribution is -0.115. The van der Waals surface area contributed by atoms with Crippen LogP contribution in [0.25, 0.3) is 0 Å². The van der Waals surface area contributed by atoms with Crippen molar-refractivity contribution in [3.8, 4) is 0 Å². The zero-order valence-electron chi connectivity index (χ0n) is 11.5. The molecule has 1 N–H and O–H groups in total. The molecule has 1 aliphatic rings. The van der Waals surface area contributed by atoms with E-state index in [2.05, 4.69) is 10.5 Å². The normalized spacial score (nSPS) is 21.4. The first-order valence-corrected chi connectivity index (χ1v) is 8.07. The van der Waals surface area contributed by atoms with Crippen LogP contribution in [0.2, 0.25) is 0 Å². The summed E-state index contributed by atoms with van der Waals surface area (Å²) in [5, 5.41) is 4.27. The molecule has 2 rings (SSSR count). The van der Waals surface area contributed by atoms with E-state index in [9.17, 15) is 13.2 Å². The summed E-state index contributed by atoms with van der Waals surface area (Å²) < 4.78 is 34.7. The molecule has 2 heterocycles. The van der Waals surface area contributed by atoms with Gasteiger partial charge in [-0.05, 0) is 26.7 Å². The number of rotatable bonds is 4. The third kappa shape index (κ3) is 3.18. The maximum absolute atomic E-state index is 12.3. The Morgan fingerprint density at radius 2 is 2.30 bits per heavy atom. The summed E-state index contributed by atoms with van der Waals surface area (Å²) in [6.07, 6.45) is 1.22. The summed E-state index contributed by atoms with van der Waals surface area (Å²) in [5.41, 5.74) is 0.608. The summed E-state index contributed by atoms with van der Waals surface area (Å²) in [6.45, 7) is 3.81. The van der Waals surface area contributed by atoms with E-state index in [4.69, 9.17) is 9.26 Å². The summed E-state index contributed by atoms with van der Waals surface area (Å²) in [4.78, 5) is 12.0. The molecule has 1 saturated heterocycles. The average molecular weight is 302 g/mol. The molecule has 0 spiro atoms. The van der Waals surface area contributed by atoms with Crippen LogP contribution in [-0.4, -0.2) is 43.2 Å². The van der Waals surface area contributed by atoms with Crippen molar-refractivity contribution in [2.24, 2.45) is 0 Å². The molecule has 1 aromatic heterocycles. The number of aromatic nitrogens is 1. The number of hydrogen-bond acceptors (Lipinski definition) is 6. The SMILES string of the molecule is Cc1cc(NC(=O)[C@H](C)S(=O)(=O)[C@@H]2CCCOC2)on1. The monoisotopic (exact) mass is 302 g/mol. The fourth-order valence-electron chi connectivity index (χ4n) is 2.05. The van der Waals surface area contributed by atoms with Gasteiger partial charge in [-0.25, -0.2) is 8.42 Å². The van der Waals surface area contributed by atoms with Crippen LogP contribution in [0.4, 0.5) is 5.88 Å². The Morgan fingerprint density at radius 1 is 1.55 bits per heavy atom. The molecule has 1 amide bonds. The van der Waals surface area contributed by atoms with E-state index < -0.39 is 26.2 Å². The minimum Gasteiger partial charge on any atom is -0.380 e. The number of carbonyl (C=O) groups is 1. The highest BCUT2D eigenvalue weighted by Crippen LogP contribution is 2.20. The number of anilines is 1. The van der Waals surface area contributed by atoms with Crippen LogP contribution in [0.3, 0.4) is 0 Å². The van der Waals surface area contributed by atoms with Crippen molar-refractivity contribution in [1.29, 1.82) is 0 Å². The molecule has 0 bridgehead atoms. The largest absolute Gasteiger partial charge is 0.380 e. The Balaban J connectivity index is 2.05. The van der Waals surface area contributed by atoms with Gasteiger partial charge in [-0.15, -0.1) is 0 Å². The molecular formula is C12H18N2O5S. The lowest BCUT2D eigenvalue weighted by atomic mass is 10.2. The van der Waals surface area contributed by atoms with Gasteiger partial charge in [0.05, 0.1) is 17.6 Å². The van der Waals surface area contributed by atoms with Gasteiger partial charge in [-0.3, -0.25) is 10.1 Å². The zero-order valence-corrected chi connectivity index (χ0v) is 12.3. The smallest absolute Gasteiger partial charge is 0.244 e. The van der Waals surface area contributed by atoms with Gasteiger partial charge in [-0.1, -0.05) is 5.16 Å². The van der Waals surface area contributed by atoms with Crippen molar-refractivity contribution in [2.45, 2.75) is 37.2 Å². The van der Waals surface area contributed by atoms with Crippen LogP contribution in [0.5, 0.6) is 0 Å². The Morgan fingerprint density at radius 3 is 2.85 bits per heavy atom. The van der Waals surface area contributed by atoms with E-state index >= 15 is 0 Å². The number of carbonyl (C=O) groups excluding carboxylic acids is 1. The molecule has 0 aromatic carbocycles. The Labute approximate surface area is 117 Å². The summed E-state index contributed by atoms with van der Waals surface area (Å²) in [7, 11) is -3.57. The van der Waals surface area contributed by atoms with Crippen LogP contribution in [0.1, 0.15) is 25.5 Å². The van der Waals surface area contributed by atoms with Crippen molar-refractivity contribution in [2.75, 3.05) is 18.5 Å². The minimum atomic E-state index is -3.57. The van der Waals surface area contributed by atoms with Crippen LogP contribution in [0, 0.1) is 6.92 Å². The van der Waals surface area contributed by atoms with Gasteiger partial charge in [-0.2, -0.15) is 0 Å². The van der Waals surface area contributed by atoms with Crippen molar-refractivity contribution >= 4 is 21.6 Å². The van der Waals surface area contributed by atoms with Crippen LogP contribution < -0.4 is 5.32 Å². The van der Waals surface area contributed by atoms with Gasteiger partial charge < -0.3 is 9.26 Å². The number of hydrogen-bond donors (Lipinski definition) is 1. The van der Waals surface area contributed by atoms with E-state index in [-0.39, 0.29) is 12.5 Å². The second-order valence-corrected chi connectivity index (χ2v) is 7.44. The molecule has 112 valence electrons. The maximum atomic E-state index is 12.3. The van der Waals surface area contributed by atoms with Gasteiger partial charge in [0, 0.05) is 12.7 Å². The average Bonchev–Trinajstić information content (AvgIpc) is 2.84. The molecular weight excluding hydrogens is 284 g/mol. The molecule has 0 saturated carbocycles. The molecule has 20 heavy (non-hydrogen) atoms. The lowest BCUT2D eigenvalue weighted by Gasteiger charge is -2.24. The molecule has 0 unspecified atom stereocenters. The standard InChI is InChI=1S/C12H18N2O5S/c1-8-6-11(19-14-8)13-12(15)9(2)20(16,17)10-4-3-5-18-7-10/h6,9-10H,3-5,7H2,1-2H3,(H,13,15)/t9-,10+/m0/s1. The highest BCUT2D eigenvalue weighted by Gasteiger charge is 2.37. The van der Waals surface area contributed by atoms with Gasteiger partial charge in [0.2, 0.25) is 11.8 Å². The van der Waals surface area contributed by atoms with E-state index in [1.807, 2.05) is 0 Å². The maximum Gasteiger partial charge on any atom is 0.244 e. The van der Waals surface area contributed by atoms with E-state index in [1.54, 1.807) is 6.92 Å². The number of ether oxygens (including phenoxy) is 1. The topological polar surface area (TPSA) is 98.5 Å². The van der Waals surface area contributed by atoms with Crippen molar-refractivity contribution < 1.29 is 22.5 Å². The van der Waals surface area contributed by atoms with Crippen molar-refractivity contribution in [1.82, 2.24) is 5.16 Å². The summed E-state index contributed by atoms with van der Waals surface area (Å²) >= 11 is 0. The quantitative estimate of drug-likeness (QED) is 0.887. The van der Waals surface area contributed by atoms with E-state index in [1.165, 1.54) is 13.0 Å². The van der Waals surface area contributed by atoms with Crippen LogP contribution in [0.15, 0.2) is 10.6 Å². The fraction of sp³-hybridized carbons (Fsp3) is 0.667. The molecule has 0 radical (unpaired) electrons. The zero-order chi connectivity index (χ0) is 14.8. The van der Waals surface area contributed by atoms with Crippen molar-refractivity contribution in [3.63, 3.8) is 0 Å². The molecule has 1 fully saturated rings. The second kappa shape index (κ2) is 5.92. The second-order valence-electron chi connectivity index (χ2n) is 4.89. The van der Waals surface area contributed by atoms with Gasteiger partial charge in [0.1, 0.15) is 5.25 Å². The highest BCUT2D eigenvalue weighted by molar-refractivity contribution is 7.93. The third-order valence-corrected chi connectivity index (χ3v) is 5.82. The lowest BCUT2D eigenvalue weighted by Crippen LogP contribution is -2.42. The molecule has 2 atom stereocenters. The molecule has 1 aromatic rings. The first kappa shape index (κ1) is 15.0. The van der Waals surface area contributed by atoms with Crippen molar-refractivity contribution in [3.05, 3.63) is 11.8 Å². The number of amides is 1. The van der Waals surface area contributed by atoms with Crippen LogP contribution >= 0.6 is 0 Å². The molecule has 8 heteroatoms. The van der Waals surface area contributed by atoms with Crippen LogP contribution in [-0.2, 0) is 19.4 Å². The number of sulfone groups is 1. The highest BCUT2D eigenvalue weighted by atomic mass is 32.2. The summed E-state index contributed by atoms with van der Waals surface area (Å²) in [5.74, 6) is -0.471. The number of nitrogens with one attached hydrogen (secondary N) is 1. The first-order chi connectivity index (χ1) is 9.41. The predicted octanol–water partition coefficient (Wildman–Crippen LogP) is 0.904. The molecule has 1 aliphatic heterocycles. The van der Waals surface area contributed by atoms with Gasteiger partial charge in [0.15, 0.2) is 9.84 Å². The Bertz CT molecular complexity index is 574.